The van der Waals surface area contributed by atoms with Crippen molar-refractivity contribution in [3.63, 3.8) is 0 Å². The number of nitrogens with one attached hydrogen (secondary N) is 5. The zero-order valence-corrected chi connectivity index (χ0v) is 29.0. The average Bonchev–Trinajstić information content (AvgIpc) is 3.45. The molecule has 2 aromatic carbocycles. The van der Waals surface area contributed by atoms with Gasteiger partial charge < -0.3 is 35.4 Å². The lowest BCUT2D eigenvalue weighted by Crippen LogP contribution is -2.48. The van der Waals surface area contributed by atoms with Crippen molar-refractivity contribution < 1.29 is 28.7 Å². The molecule has 0 unspecified atom stereocenters. The first-order chi connectivity index (χ1) is 23.8. The molecule has 4 aromatic rings. The molecule has 0 radical (unpaired) electrons. The van der Waals surface area contributed by atoms with Gasteiger partial charge in [-0.15, -0.1) is 0 Å². The van der Waals surface area contributed by atoms with Crippen LogP contribution in [0.15, 0.2) is 59.4 Å². The average molecular weight is 685 g/mol. The van der Waals surface area contributed by atoms with Crippen molar-refractivity contribution in [2.75, 3.05) is 19.0 Å². The second kappa shape index (κ2) is 15.4. The minimum atomic E-state index is -0.886. The van der Waals surface area contributed by atoms with Gasteiger partial charge in [-0.3, -0.25) is 9.59 Å². The van der Waals surface area contributed by atoms with Crippen LogP contribution >= 0.6 is 0 Å². The molecule has 0 aliphatic heterocycles. The minimum absolute atomic E-state index is 0.196. The fourth-order valence-electron chi connectivity index (χ4n) is 6.15. The normalized spacial score (nSPS) is 16.7. The van der Waals surface area contributed by atoms with Gasteiger partial charge in [-0.05, 0) is 94.7 Å². The fourth-order valence-corrected chi connectivity index (χ4v) is 6.15. The number of carbonyl (C=O) groups excluding carboxylic acids is 4. The maximum atomic E-state index is 13.7. The topological polar surface area (TPSA) is 184 Å². The first-order valence-corrected chi connectivity index (χ1v) is 16.7. The van der Waals surface area contributed by atoms with Crippen molar-refractivity contribution in [2.45, 2.75) is 71.4 Å². The van der Waals surface area contributed by atoms with Crippen molar-refractivity contribution in [3.8, 4) is 11.1 Å². The quantitative estimate of drug-likeness (QED) is 0.144. The lowest BCUT2D eigenvalue weighted by molar-refractivity contribution is -0.130. The van der Waals surface area contributed by atoms with Gasteiger partial charge in [0.25, 0.3) is 0 Å². The van der Waals surface area contributed by atoms with E-state index in [-0.39, 0.29) is 35.5 Å². The number of methoxy groups -OCH3 is 1. The van der Waals surface area contributed by atoms with Crippen molar-refractivity contribution in [2.24, 2.45) is 11.8 Å². The molecule has 1 atom stereocenters. The fraction of sp³-hybridized carbons (Fsp3) is 0.405. The molecule has 1 aliphatic rings. The van der Waals surface area contributed by atoms with Gasteiger partial charge in [-0.1, -0.05) is 30.3 Å². The van der Waals surface area contributed by atoms with E-state index in [0.29, 0.717) is 41.8 Å². The number of amides is 3. The van der Waals surface area contributed by atoms with Crippen LogP contribution in [0, 0.1) is 18.8 Å². The number of rotatable bonds is 10. The number of H-pyrrole nitrogens is 2. The molecular formula is C37H44N6O7. The number of alkyl carbamates (subject to hydrolysis) is 1. The van der Waals surface area contributed by atoms with E-state index in [9.17, 15) is 24.0 Å². The molecule has 1 fully saturated rings. The highest BCUT2D eigenvalue weighted by atomic mass is 16.6. The smallest absolute Gasteiger partial charge is 0.407 e. The summed E-state index contributed by atoms with van der Waals surface area (Å²) in [6.07, 6.45) is 2.56. The molecule has 5 rings (SSSR count). The summed E-state index contributed by atoms with van der Waals surface area (Å²) in [5.41, 5.74) is 4.16. The first kappa shape index (κ1) is 35.8. The first-order valence-electron chi connectivity index (χ1n) is 16.7. The van der Waals surface area contributed by atoms with Crippen LogP contribution in [0.5, 0.6) is 0 Å². The van der Waals surface area contributed by atoms with E-state index in [1.807, 2.05) is 58.0 Å². The molecule has 1 aliphatic carbocycles. The molecule has 264 valence electrons. The Labute approximate surface area is 289 Å². The van der Waals surface area contributed by atoms with E-state index in [1.165, 1.54) is 7.11 Å². The van der Waals surface area contributed by atoms with E-state index in [4.69, 9.17) is 9.47 Å². The van der Waals surface area contributed by atoms with E-state index >= 15 is 0 Å². The summed E-state index contributed by atoms with van der Waals surface area (Å²) in [5.74, 6) is -1.14. The number of nitrogens with zero attached hydrogens (tertiary/aromatic N) is 1. The van der Waals surface area contributed by atoms with Gasteiger partial charge in [0.2, 0.25) is 11.8 Å². The van der Waals surface area contributed by atoms with Gasteiger partial charge in [-0.2, -0.15) is 0 Å². The Bertz CT molecular complexity index is 1920. The summed E-state index contributed by atoms with van der Waals surface area (Å²) in [4.78, 5) is 72.7. The monoisotopic (exact) mass is 684 g/mol. The van der Waals surface area contributed by atoms with Gasteiger partial charge >= 0.3 is 17.8 Å². The molecule has 2 aromatic heterocycles. The number of pyridine rings is 1. The second-order valence-electron chi connectivity index (χ2n) is 13.7. The predicted octanol–water partition coefficient (Wildman–Crippen LogP) is 5.01. The maximum absolute atomic E-state index is 13.7. The Morgan fingerprint density at radius 2 is 1.64 bits per heavy atom. The van der Waals surface area contributed by atoms with Crippen LogP contribution in [0.1, 0.15) is 68.2 Å². The number of anilines is 1. The van der Waals surface area contributed by atoms with E-state index in [0.717, 1.165) is 29.5 Å². The number of carbonyl (C=O) groups is 4. The summed E-state index contributed by atoms with van der Waals surface area (Å²) in [7, 11) is 1.31. The minimum Gasteiger partial charge on any atom is -0.464 e. The highest BCUT2D eigenvalue weighted by molar-refractivity contribution is 5.99. The van der Waals surface area contributed by atoms with Crippen molar-refractivity contribution in [3.05, 3.63) is 82.0 Å². The Morgan fingerprint density at radius 3 is 2.30 bits per heavy atom. The van der Waals surface area contributed by atoms with Crippen LogP contribution in [-0.4, -0.2) is 64.1 Å². The molecule has 0 spiro atoms. The zero-order valence-electron chi connectivity index (χ0n) is 29.0. The van der Waals surface area contributed by atoms with Crippen LogP contribution in [-0.2, 0) is 25.5 Å². The number of hydrogen-bond donors (Lipinski definition) is 5. The number of ether oxygens (including phenoxy) is 2. The van der Waals surface area contributed by atoms with Gasteiger partial charge in [0.1, 0.15) is 17.3 Å². The lowest BCUT2D eigenvalue weighted by atomic mass is 9.81. The summed E-state index contributed by atoms with van der Waals surface area (Å²) < 4.78 is 10.1. The number of aryl methyl sites for hydroxylation is 1. The van der Waals surface area contributed by atoms with Gasteiger partial charge in [-0.25, -0.2) is 19.4 Å². The highest BCUT2D eigenvalue weighted by Crippen LogP contribution is 2.29. The molecule has 50 heavy (non-hydrogen) atoms. The number of imidazole rings is 1. The number of aromatic amines is 2. The van der Waals surface area contributed by atoms with Crippen LogP contribution < -0.4 is 21.6 Å². The van der Waals surface area contributed by atoms with Crippen molar-refractivity contribution in [1.82, 2.24) is 25.6 Å². The highest BCUT2D eigenvalue weighted by Gasteiger charge is 2.30. The maximum Gasteiger partial charge on any atom is 0.407 e. The third-order valence-electron chi connectivity index (χ3n) is 8.75. The standard InChI is InChI=1S/C37H44N6O7/c1-21-27(15-17-29(39-21)34(46)49-5)24-10-6-22(7-11-24)18-31(33(45)40-26-14-16-28-30(19-26)43-35(47)42-28)41-32(44)25-12-8-23(9-13-25)20-38-36(48)50-37(2,3)4/h6-7,10-11,14-17,19,23,25,31H,8-9,12-13,18,20H2,1-5H3,(H,38,48)(H,40,45)(H,41,44)(H2,42,43,47)/t23-,25-,31-/m0/s1. The molecule has 1 saturated carbocycles. The van der Waals surface area contributed by atoms with E-state index < -0.39 is 29.6 Å². The van der Waals surface area contributed by atoms with Crippen LogP contribution in [0.25, 0.3) is 22.2 Å². The van der Waals surface area contributed by atoms with Gasteiger partial charge in [0.15, 0.2) is 0 Å². The van der Waals surface area contributed by atoms with Crippen molar-refractivity contribution in [1.29, 1.82) is 0 Å². The SMILES string of the molecule is COC(=O)c1ccc(-c2ccc(C[C@H](NC(=O)[C@H]3CC[C@H](CNC(=O)OC(C)(C)C)CC3)C(=O)Nc3ccc4[nH]c(=O)[nH]c4c3)cc2)c(C)n1. The molecule has 0 saturated heterocycles. The lowest BCUT2D eigenvalue weighted by Gasteiger charge is -2.29. The number of hydrogen-bond acceptors (Lipinski definition) is 8. The van der Waals surface area contributed by atoms with Crippen LogP contribution in [0.4, 0.5) is 10.5 Å². The number of benzene rings is 2. The molecule has 0 bridgehead atoms. The number of aromatic nitrogens is 3. The second-order valence-corrected chi connectivity index (χ2v) is 13.7. The number of esters is 1. The number of fused-ring (bicyclic) bond motifs is 1. The zero-order chi connectivity index (χ0) is 36.0. The van der Waals surface area contributed by atoms with E-state index in [2.05, 4.69) is 30.9 Å². The van der Waals surface area contributed by atoms with Crippen molar-refractivity contribution >= 4 is 40.6 Å². The molecule has 13 nitrogen and oxygen atoms in total. The Kier molecular flexibility index (Phi) is 11.0. The van der Waals surface area contributed by atoms with Gasteiger partial charge in [0, 0.05) is 35.8 Å². The third kappa shape index (κ3) is 9.36. The molecule has 3 amide bonds. The molecule has 13 heteroatoms. The predicted molar refractivity (Wildman–Crippen MR) is 189 cm³/mol. The van der Waals surface area contributed by atoms with E-state index in [1.54, 1.807) is 24.3 Å². The summed E-state index contributed by atoms with van der Waals surface area (Å²) in [6, 6.07) is 15.2. The molecular weight excluding hydrogens is 640 g/mol. The summed E-state index contributed by atoms with van der Waals surface area (Å²) in [6.45, 7) is 7.74. The van der Waals surface area contributed by atoms with Gasteiger partial charge in [0.05, 0.1) is 18.1 Å². The Hall–Kier alpha value is -5.46. The van der Waals surface area contributed by atoms with Crippen LogP contribution in [0.2, 0.25) is 0 Å². The summed E-state index contributed by atoms with van der Waals surface area (Å²) >= 11 is 0. The Balaban J connectivity index is 1.26. The molecule has 5 N–H and O–H groups in total. The molecule has 2 heterocycles. The van der Waals surface area contributed by atoms with Crippen LogP contribution in [0.3, 0.4) is 0 Å². The largest absolute Gasteiger partial charge is 0.464 e. The Morgan fingerprint density at radius 1 is 0.940 bits per heavy atom. The summed E-state index contributed by atoms with van der Waals surface area (Å²) in [5, 5.41) is 8.74. The third-order valence-corrected chi connectivity index (χ3v) is 8.75.